The van der Waals surface area contributed by atoms with E-state index in [1.807, 2.05) is 18.2 Å². The minimum Gasteiger partial charge on any atom is -0.497 e. The monoisotopic (exact) mass is 264 g/mol. The molecule has 0 saturated carbocycles. The number of nitrogens with zero attached hydrogens (tertiary/aromatic N) is 1. The van der Waals surface area contributed by atoms with Crippen LogP contribution in [0, 0.1) is 0 Å². The van der Waals surface area contributed by atoms with Gasteiger partial charge in [0.2, 0.25) is 0 Å². The summed E-state index contributed by atoms with van der Waals surface area (Å²) in [6, 6.07) is 5.94. The molecule has 2 atom stereocenters. The summed E-state index contributed by atoms with van der Waals surface area (Å²) in [5.74, 6) is 0.856. The molecule has 2 unspecified atom stereocenters. The summed E-state index contributed by atoms with van der Waals surface area (Å²) < 4.78 is 11.8. The van der Waals surface area contributed by atoms with Gasteiger partial charge >= 0.3 is 0 Å². The molecule has 96 valence electrons. The topological polar surface area (TPSA) is 57.4 Å². The van der Waals surface area contributed by atoms with Crippen LogP contribution in [0.2, 0.25) is 0 Å². The molecule has 2 N–H and O–H groups in total. The number of methoxy groups -OCH3 is 1. The molecule has 2 heterocycles. The Labute approximate surface area is 110 Å². The highest BCUT2D eigenvalue weighted by Crippen LogP contribution is 2.37. The van der Waals surface area contributed by atoms with Crippen LogP contribution < -0.4 is 10.5 Å². The van der Waals surface area contributed by atoms with Crippen LogP contribution in [-0.2, 0) is 10.2 Å². The van der Waals surface area contributed by atoms with Gasteiger partial charge in [-0.3, -0.25) is 0 Å². The van der Waals surface area contributed by atoms with Gasteiger partial charge in [0.15, 0.2) is 0 Å². The molecule has 1 aromatic heterocycles. The summed E-state index contributed by atoms with van der Waals surface area (Å²) >= 11 is 1.68. The first-order valence-electron chi connectivity index (χ1n) is 5.92. The Hall–Kier alpha value is -1.17. The van der Waals surface area contributed by atoms with Gasteiger partial charge in [0.05, 0.1) is 36.0 Å². The molecule has 1 aliphatic heterocycles. The van der Waals surface area contributed by atoms with E-state index in [9.17, 15) is 0 Å². The molecule has 5 heteroatoms. The van der Waals surface area contributed by atoms with Crippen molar-refractivity contribution < 1.29 is 9.47 Å². The summed E-state index contributed by atoms with van der Waals surface area (Å²) in [6.07, 6.45) is 0. The second kappa shape index (κ2) is 4.19. The van der Waals surface area contributed by atoms with E-state index in [2.05, 4.69) is 6.92 Å². The predicted octanol–water partition coefficient (Wildman–Crippen LogP) is 1.92. The summed E-state index contributed by atoms with van der Waals surface area (Å²) in [5.41, 5.74) is 6.97. The molecule has 0 radical (unpaired) electrons. The van der Waals surface area contributed by atoms with Crippen molar-refractivity contribution in [1.29, 1.82) is 0 Å². The third-order valence-electron chi connectivity index (χ3n) is 3.60. The van der Waals surface area contributed by atoms with Gasteiger partial charge in [-0.05, 0) is 25.1 Å². The quantitative estimate of drug-likeness (QED) is 0.900. The van der Waals surface area contributed by atoms with E-state index in [1.54, 1.807) is 18.4 Å². The van der Waals surface area contributed by atoms with E-state index in [1.165, 1.54) is 0 Å². The van der Waals surface area contributed by atoms with Gasteiger partial charge in [-0.1, -0.05) is 0 Å². The van der Waals surface area contributed by atoms with Crippen LogP contribution in [0.3, 0.4) is 0 Å². The number of fused-ring (bicyclic) bond motifs is 1. The molecular weight excluding hydrogens is 248 g/mol. The van der Waals surface area contributed by atoms with Crippen molar-refractivity contribution in [2.24, 2.45) is 5.73 Å². The average molecular weight is 264 g/mol. The molecule has 4 nitrogen and oxygen atoms in total. The van der Waals surface area contributed by atoms with Gasteiger partial charge in [0.25, 0.3) is 0 Å². The van der Waals surface area contributed by atoms with Crippen molar-refractivity contribution in [3.63, 3.8) is 0 Å². The number of nitrogens with two attached hydrogens (primary N) is 1. The van der Waals surface area contributed by atoms with Crippen LogP contribution in [0.25, 0.3) is 10.2 Å². The van der Waals surface area contributed by atoms with Crippen LogP contribution in [0.1, 0.15) is 11.9 Å². The fraction of sp³-hybridized carbons (Fsp3) is 0.462. The first-order valence-corrected chi connectivity index (χ1v) is 6.73. The fourth-order valence-electron chi connectivity index (χ4n) is 2.19. The maximum atomic E-state index is 6.14. The summed E-state index contributed by atoms with van der Waals surface area (Å²) in [6.45, 7) is 3.38. The van der Waals surface area contributed by atoms with E-state index >= 15 is 0 Å². The van der Waals surface area contributed by atoms with Crippen molar-refractivity contribution >= 4 is 21.6 Å². The molecule has 18 heavy (non-hydrogen) atoms. The number of aromatic nitrogens is 1. The Morgan fingerprint density at radius 1 is 1.56 bits per heavy atom. The molecular formula is C13H16N2O2S. The zero-order valence-corrected chi connectivity index (χ0v) is 11.3. The van der Waals surface area contributed by atoms with Crippen LogP contribution >= 0.6 is 11.3 Å². The predicted molar refractivity (Wildman–Crippen MR) is 72.3 cm³/mol. The van der Waals surface area contributed by atoms with Gasteiger partial charge in [-0.15, -0.1) is 11.3 Å². The number of ether oxygens (including phenoxy) is 2. The Morgan fingerprint density at radius 3 is 3.06 bits per heavy atom. The van der Waals surface area contributed by atoms with E-state index in [4.69, 9.17) is 20.2 Å². The molecule has 1 fully saturated rings. The number of hydrogen-bond donors (Lipinski definition) is 1. The van der Waals surface area contributed by atoms with Crippen molar-refractivity contribution in [2.75, 3.05) is 20.3 Å². The van der Waals surface area contributed by atoms with Crippen molar-refractivity contribution in [2.45, 2.75) is 18.4 Å². The van der Waals surface area contributed by atoms with Crippen LogP contribution in [-0.4, -0.2) is 31.3 Å². The Balaban J connectivity index is 2.08. The van der Waals surface area contributed by atoms with Crippen molar-refractivity contribution in [3.05, 3.63) is 23.2 Å². The number of thiazole rings is 1. The maximum Gasteiger partial charge on any atom is 0.120 e. The lowest BCUT2D eigenvalue weighted by atomic mass is 9.87. The highest BCUT2D eigenvalue weighted by Gasteiger charge is 2.41. The SMILES string of the molecule is COc1ccc2nc(C3(C)COCC3N)sc2c1. The van der Waals surface area contributed by atoms with Gasteiger partial charge < -0.3 is 15.2 Å². The number of rotatable bonds is 2. The van der Waals surface area contributed by atoms with Gasteiger partial charge in [0, 0.05) is 6.04 Å². The normalized spacial score (nSPS) is 27.8. The fourth-order valence-corrected chi connectivity index (χ4v) is 3.37. The van der Waals surface area contributed by atoms with Gasteiger partial charge in [0.1, 0.15) is 10.8 Å². The first kappa shape index (κ1) is 11.9. The van der Waals surface area contributed by atoms with E-state index in [-0.39, 0.29) is 11.5 Å². The van der Waals surface area contributed by atoms with Crippen LogP contribution in [0.5, 0.6) is 5.75 Å². The van der Waals surface area contributed by atoms with Crippen molar-refractivity contribution in [3.8, 4) is 5.75 Å². The Kier molecular flexibility index (Phi) is 2.77. The number of benzene rings is 1. The second-order valence-electron chi connectivity index (χ2n) is 4.89. The lowest BCUT2D eigenvalue weighted by Crippen LogP contribution is -2.41. The van der Waals surface area contributed by atoms with Crippen molar-refractivity contribution in [1.82, 2.24) is 4.98 Å². The molecule has 0 aliphatic carbocycles. The first-order chi connectivity index (χ1) is 8.63. The van der Waals surface area contributed by atoms with Crippen LogP contribution in [0.4, 0.5) is 0 Å². The third-order valence-corrected chi connectivity index (χ3v) is 4.90. The van der Waals surface area contributed by atoms with Gasteiger partial charge in [-0.25, -0.2) is 4.98 Å². The largest absolute Gasteiger partial charge is 0.497 e. The minimum atomic E-state index is -0.170. The lowest BCUT2D eigenvalue weighted by Gasteiger charge is -2.23. The van der Waals surface area contributed by atoms with E-state index < -0.39 is 0 Å². The minimum absolute atomic E-state index is 0.0138. The highest BCUT2D eigenvalue weighted by atomic mass is 32.1. The highest BCUT2D eigenvalue weighted by molar-refractivity contribution is 7.18. The molecule has 2 aromatic rings. The molecule has 0 spiro atoms. The summed E-state index contributed by atoms with van der Waals surface area (Å²) in [4.78, 5) is 4.70. The molecule has 1 aromatic carbocycles. The standard InChI is InChI=1S/C13H16N2O2S/c1-13(7-17-6-11(13)14)12-15-9-4-3-8(16-2)5-10(9)18-12/h3-5,11H,6-7,14H2,1-2H3. The zero-order chi connectivity index (χ0) is 12.8. The second-order valence-corrected chi connectivity index (χ2v) is 5.92. The smallest absolute Gasteiger partial charge is 0.120 e. The summed E-state index contributed by atoms with van der Waals surface area (Å²) in [5, 5.41) is 1.05. The Bertz CT molecular complexity index is 583. The zero-order valence-electron chi connectivity index (χ0n) is 10.5. The molecule has 1 aliphatic rings. The van der Waals surface area contributed by atoms with E-state index in [0.29, 0.717) is 13.2 Å². The molecule has 1 saturated heterocycles. The Morgan fingerprint density at radius 2 is 2.39 bits per heavy atom. The average Bonchev–Trinajstić information content (AvgIpc) is 2.94. The van der Waals surface area contributed by atoms with Gasteiger partial charge in [-0.2, -0.15) is 0 Å². The molecule has 0 bridgehead atoms. The third kappa shape index (κ3) is 1.70. The van der Waals surface area contributed by atoms with E-state index in [0.717, 1.165) is 21.0 Å². The van der Waals surface area contributed by atoms with Crippen LogP contribution in [0.15, 0.2) is 18.2 Å². The number of hydrogen-bond acceptors (Lipinski definition) is 5. The lowest BCUT2D eigenvalue weighted by molar-refractivity contribution is 0.180. The maximum absolute atomic E-state index is 6.14. The molecule has 0 amide bonds. The molecule has 3 rings (SSSR count). The summed E-state index contributed by atoms with van der Waals surface area (Å²) in [7, 11) is 1.67.